The molecule has 1 saturated heterocycles. The second-order valence-corrected chi connectivity index (χ2v) is 7.61. The van der Waals surface area contributed by atoms with E-state index in [1.807, 2.05) is 49.4 Å². The number of benzene rings is 1. The molecule has 30 heavy (non-hydrogen) atoms. The Kier molecular flexibility index (Phi) is 5.88. The lowest BCUT2D eigenvalue weighted by Gasteiger charge is -2.31. The predicted octanol–water partition coefficient (Wildman–Crippen LogP) is 3.20. The molecule has 3 aromatic rings. The van der Waals surface area contributed by atoms with Gasteiger partial charge in [-0.15, -0.1) is 0 Å². The highest BCUT2D eigenvalue weighted by Crippen LogP contribution is 2.22. The molecule has 0 unspecified atom stereocenters. The highest BCUT2D eigenvalue weighted by atomic mass is 16.2. The third kappa shape index (κ3) is 4.40. The number of nitrogens with one attached hydrogen (secondary N) is 2. The van der Waals surface area contributed by atoms with Gasteiger partial charge in [-0.1, -0.05) is 30.3 Å². The molecule has 1 aromatic carbocycles. The zero-order valence-corrected chi connectivity index (χ0v) is 16.9. The minimum absolute atomic E-state index is 0.0324. The highest BCUT2D eigenvalue weighted by Gasteiger charge is 2.29. The average Bonchev–Trinajstić information content (AvgIpc) is 3.30. The topological polar surface area (TPSA) is 91.0 Å². The number of likely N-dealkylation sites (tertiary alicyclic amines) is 1. The molecule has 0 spiro atoms. The van der Waals surface area contributed by atoms with Crippen molar-refractivity contribution in [2.45, 2.75) is 25.8 Å². The van der Waals surface area contributed by atoms with Crippen LogP contribution in [0.4, 0.5) is 0 Å². The summed E-state index contributed by atoms with van der Waals surface area (Å²) in [6, 6.07) is 15.4. The van der Waals surface area contributed by atoms with Crippen LogP contribution in [0.2, 0.25) is 0 Å². The molecule has 0 bridgehead atoms. The lowest BCUT2D eigenvalue weighted by Crippen LogP contribution is -2.43. The number of H-pyrrole nitrogens is 1. The Balaban J connectivity index is 1.31. The van der Waals surface area contributed by atoms with Crippen LogP contribution < -0.4 is 5.32 Å². The molecule has 1 aliphatic heterocycles. The SMILES string of the molecule is C[C@@H](NC(=O)C1CCN(C(=O)c2cc(-c3ccncc3)n[nH]2)CC1)c1ccccc1. The Bertz CT molecular complexity index is 995. The molecule has 0 saturated carbocycles. The number of amides is 2. The normalized spacial score (nSPS) is 15.6. The van der Waals surface area contributed by atoms with Crippen molar-refractivity contribution >= 4 is 11.8 Å². The molecule has 154 valence electrons. The summed E-state index contributed by atoms with van der Waals surface area (Å²) in [5.74, 6) is -0.103. The van der Waals surface area contributed by atoms with Gasteiger partial charge in [0.05, 0.1) is 11.7 Å². The standard InChI is InChI=1S/C23H25N5O2/c1-16(17-5-3-2-4-6-17)25-22(29)19-9-13-28(14-10-19)23(30)21-15-20(26-27-21)18-7-11-24-12-8-18/h2-8,11-12,15-16,19H,9-10,13-14H2,1H3,(H,25,29)(H,26,27)/t16-/m1/s1. The van der Waals surface area contributed by atoms with Gasteiger partial charge in [0, 0.05) is 37.0 Å². The minimum Gasteiger partial charge on any atom is -0.349 e. The third-order valence-corrected chi connectivity index (χ3v) is 5.60. The van der Waals surface area contributed by atoms with Crippen LogP contribution in [-0.2, 0) is 4.79 Å². The Morgan fingerprint density at radius 1 is 1.10 bits per heavy atom. The van der Waals surface area contributed by atoms with E-state index in [0.29, 0.717) is 37.3 Å². The predicted molar refractivity (Wildman–Crippen MR) is 113 cm³/mol. The fourth-order valence-corrected chi connectivity index (χ4v) is 3.77. The van der Waals surface area contributed by atoms with Gasteiger partial charge in [0.25, 0.3) is 5.91 Å². The molecule has 1 atom stereocenters. The lowest BCUT2D eigenvalue weighted by atomic mass is 9.95. The number of aromatic amines is 1. The maximum atomic E-state index is 12.8. The molecule has 1 fully saturated rings. The molecule has 3 heterocycles. The summed E-state index contributed by atoms with van der Waals surface area (Å²) in [5, 5.41) is 10.2. The first-order chi connectivity index (χ1) is 14.6. The summed E-state index contributed by atoms with van der Waals surface area (Å²) in [5.41, 5.74) is 3.17. The van der Waals surface area contributed by atoms with Crippen molar-refractivity contribution < 1.29 is 9.59 Å². The van der Waals surface area contributed by atoms with E-state index in [1.54, 1.807) is 23.4 Å². The van der Waals surface area contributed by atoms with Crippen molar-refractivity contribution in [3.05, 3.63) is 72.2 Å². The van der Waals surface area contributed by atoms with Crippen LogP contribution in [0.5, 0.6) is 0 Å². The lowest BCUT2D eigenvalue weighted by molar-refractivity contribution is -0.127. The number of aromatic nitrogens is 3. The van der Waals surface area contributed by atoms with Gasteiger partial charge in [-0.05, 0) is 43.5 Å². The molecular formula is C23H25N5O2. The van der Waals surface area contributed by atoms with E-state index in [1.165, 1.54) is 0 Å². The number of pyridine rings is 1. The first kappa shape index (κ1) is 19.8. The number of hydrogen-bond acceptors (Lipinski definition) is 4. The summed E-state index contributed by atoms with van der Waals surface area (Å²) in [4.78, 5) is 31.3. The zero-order valence-electron chi connectivity index (χ0n) is 16.9. The fourth-order valence-electron chi connectivity index (χ4n) is 3.77. The number of piperidine rings is 1. The highest BCUT2D eigenvalue weighted by molar-refractivity contribution is 5.93. The number of hydrogen-bond donors (Lipinski definition) is 2. The molecule has 7 heteroatoms. The Labute approximate surface area is 175 Å². The smallest absolute Gasteiger partial charge is 0.271 e. The summed E-state index contributed by atoms with van der Waals surface area (Å²) in [6.07, 6.45) is 4.70. The van der Waals surface area contributed by atoms with Crippen molar-refractivity contribution in [1.29, 1.82) is 0 Å². The molecule has 2 N–H and O–H groups in total. The van der Waals surface area contributed by atoms with E-state index < -0.39 is 0 Å². The Morgan fingerprint density at radius 3 is 2.50 bits per heavy atom. The van der Waals surface area contributed by atoms with Crippen LogP contribution in [0.1, 0.15) is 41.9 Å². The number of carbonyl (C=O) groups excluding carboxylic acids is 2. The second-order valence-electron chi connectivity index (χ2n) is 7.61. The quantitative estimate of drug-likeness (QED) is 0.684. The van der Waals surface area contributed by atoms with E-state index in [9.17, 15) is 9.59 Å². The summed E-state index contributed by atoms with van der Waals surface area (Å²) >= 11 is 0. The maximum absolute atomic E-state index is 12.8. The monoisotopic (exact) mass is 403 g/mol. The van der Waals surface area contributed by atoms with Gasteiger partial charge in [-0.3, -0.25) is 19.7 Å². The van der Waals surface area contributed by atoms with Gasteiger partial charge < -0.3 is 10.2 Å². The van der Waals surface area contributed by atoms with Crippen molar-refractivity contribution in [2.75, 3.05) is 13.1 Å². The van der Waals surface area contributed by atoms with Gasteiger partial charge >= 0.3 is 0 Å². The second kappa shape index (κ2) is 8.90. The summed E-state index contributed by atoms with van der Waals surface area (Å²) < 4.78 is 0. The van der Waals surface area contributed by atoms with Crippen LogP contribution in [0.25, 0.3) is 11.3 Å². The summed E-state index contributed by atoms with van der Waals surface area (Å²) in [7, 11) is 0. The van der Waals surface area contributed by atoms with Crippen LogP contribution >= 0.6 is 0 Å². The molecule has 2 amide bonds. The van der Waals surface area contributed by atoms with Crippen molar-refractivity contribution in [3.8, 4) is 11.3 Å². The largest absolute Gasteiger partial charge is 0.349 e. The molecule has 1 aliphatic rings. The van der Waals surface area contributed by atoms with E-state index in [2.05, 4.69) is 20.5 Å². The van der Waals surface area contributed by atoms with E-state index in [-0.39, 0.29) is 23.8 Å². The molecule has 4 rings (SSSR count). The van der Waals surface area contributed by atoms with Gasteiger partial charge in [-0.25, -0.2) is 0 Å². The van der Waals surface area contributed by atoms with Gasteiger partial charge in [0.1, 0.15) is 5.69 Å². The summed E-state index contributed by atoms with van der Waals surface area (Å²) in [6.45, 7) is 3.10. The first-order valence-electron chi connectivity index (χ1n) is 10.2. The van der Waals surface area contributed by atoms with Crippen LogP contribution in [-0.4, -0.2) is 45.0 Å². The van der Waals surface area contributed by atoms with Crippen molar-refractivity contribution in [3.63, 3.8) is 0 Å². The average molecular weight is 403 g/mol. The van der Waals surface area contributed by atoms with E-state index >= 15 is 0 Å². The van der Waals surface area contributed by atoms with Crippen molar-refractivity contribution in [1.82, 2.24) is 25.4 Å². The third-order valence-electron chi connectivity index (χ3n) is 5.60. The van der Waals surface area contributed by atoms with Gasteiger partial charge in [-0.2, -0.15) is 5.10 Å². The molecule has 7 nitrogen and oxygen atoms in total. The molecule has 2 aromatic heterocycles. The minimum atomic E-state index is -0.0840. The number of rotatable bonds is 5. The van der Waals surface area contributed by atoms with Crippen LogP contribution in [0.15, 0.2) is 60.9 Å². The van der Waals surface area contributed by atoms with E-state index in [0.717, 1.165) is 11.1 Å². The maximum Gasteiger partial charge on any atom is 0.271 e. The Morgan fingerprint density at radius 2 is 1.80 bits per heavy atom. The van der Waals surface area contributed by atoms with Crippen LogP contribution in [0.3, 0.4) is 0 Å². The van der Waals surface area contributed by atoms with Crippen molar-refractivity contribution in [2.24, 2.45) is 5.92 Å². The number of nitrogens with zero attached hydrogens (tertiary/aromatic N) is 3. The Hall–Kier alpha value is -3.48. The zero-order chi connectivity index (χ0) is 20.9. The molecular weight excluding hydrogens is 378 g/mol. The molecule has 0 radical (unpaired) electrons. The van der Waals surface area contributed by atoms with Crippen LogP contribution in [0, 0.1) is 5.92 Å². The fraction of sp³-hybridized carbons (Fsp3) is 0.304. The number of carbonyl (C=O) groups is 2. The van der Waals surface area contributed by atoms with E-state index in [4.69, 9.17) is 0 Å². The molecule has 0 aliphatic carbocycles. The van der Waals surface area contributed by atoms with Gasteiger partial charge in [0.2, 0.25) is 5.91 Å². The van der Waals surface area contributed by atoms with Gasteiger partial charge in [0.15, 0.2) is 0 Å². The first-order valence-corrected chi connectivity index (χ1v) is 10.2.